The Balaban J connectivity index is 0.00000157. The van der Waals surface area contributed by atoms with Crippen LogP contribution in [0.3, 0.4) is 0 Å². The van der Waals surface area contributed by atoms with Crippen LogP contribution in [0.1, 0.15) is 22.2 Å². The molecule has 0 saturated heterocycles. The van der Waals surface area contributed by atoms with Crippen LogP contribution < -0.4 is 5.32 Å². The molecule has 5 heteroatoms. The van der Waals surface area contributed by atoms with Crippen molar-refractivity contribution in [2.24, 2.45) is 0 Å². The molecule has 0 saturated carbocycles. The van der Waals surface area contributed by atoms with Crippen molar-refractivity contribution < 1.29 is 0 Å². The SMILES string of the molecule is Cl.Clc1ccc2c(c1)-n1cccc1C(c1cc3ccccc3s1)NC2. The Hall–Kier alpha value is -1.78. The van der Waals surface area contributed by atoms with Crippen molar-refractivity contribution in [2.45, 2.75) is 12.6 Å². The molecule has 1 N–H and O–H groups in total. The molecular weight excluding hydrogens is 371 g/mol. The van der Waals surface area contributed by atoms with Gasteiger partial charge in [-0.05, 0) is 47.3 Å². The first-order valence-electron chi connectivity index (χ1n) is 7.97. The fraction of sp³-hybridized carbons (Fsp3) is 0.100. The quantitative estimate of drug-likeness (QED) is 0.426. The topological polar surface area (TPSA) is 17.0 Å². The third-order valence-electron chi connectivity index (χ3n) is 4.61. The van der Waals surface area contributed by atoms with Gasteiger partial charge < -0.3 is 9.88 Å². The number of hydrogen-bond acceptors (Lipinski definition) is 2. The molecule has 1 unspecified atom stereocenters. The molecule has 126 valence electrons. The van der Waals surface area contributed by atoms with E-state index >= 15 is 0 Å². The van der Waals surface area contributed by atoms with Gasteiger partial charge in [-0.3, -0.25) is 0 Å². The minimum atomic E-state index is 0. The summed E-state index contributed by atoms with van der Waals surface area (Å²) in [4.78, 5) is 1.34. The monoisotopic (exact) mass is 386 g/mol. The lowest BCUT2D eigenvalue weighted by Gasteiger charge is -2.15. The van der Waals surface area contributed by atoms with Crippen LogP contribution in [0.25, 0.3) is 15.8 Å². The summed E-state index contributed by atoms with van der Waals surface area (Å²) >= 11 is 8.10. The van der Waals surface area contributed by atoms with Crippen LogP contribution in [0.15, 0.2) is 66.9 Å². The minimum Gasteiger partial charge on any atom is -0.319 e. The fourth-order valence-electron chi connectivity index (χ4n) is 3.47. The second-order valence-electron chi connectivity index (χ2n) is 6.08. The Kier molecular flexibility index (Phi) is 4.34. The zero-order valence-corrected chi connectivity index (χ0v) is 15.7. The van der Waals surface area contributed by atoms with E-state index in [1.165, 1.54) is 31.9 Å². The summed E-state index contributed by atoms with van der Waals surface area (Å²) in [6.45, 7) is 0.826. The van der Waals surface area contributed by atoms with Gasteiger partial charge in [0.05, 0.1) is 11.7 Å². The zero-order chi connectivity index (χ0) is 16.1. The highest BCUT2D eigenvalue weighted by Crippen LogP contribution is 2.36. The van der Waals surface area contributed by atoms with Gasteiger partial charge in [0.25, 0.3) is 0 Å². The van der Waals surface area contributed by atoms with E-state index in [-0.39, 0.29) is 18.4 Å². The molecule has 4 aromatic rings. The average molecular weight is 387 g/mol. The first-order valence-corrected chi connectivity index (χ1v) is 9.17. The zero-order valence-electron chi connectivity index (χ0n) is 13.3. The summed E-state index contributed by atoms with van der Waals surface area (Å²) in [7, 11) is 0. The molecule has 2 aromatic heterocycles. The standard InChI is InChI=1S/C20H15ClN2S.ClH/c21-15-8-7-14-12-22-20(16-5-3-9-23(16)17(14)11-15)19-10-13-4-1-2-6-18(13)24-19;/h1-11,20,22H,12H2;1H. The maximum atomic E-state index is 6.24. The minimum absolute atomic E-state index is 0. The predicted molar refractivity (Wildman–Crippen MR) is 109 cm³/mol. The van der Waals surface area contributed by atoms with Crippen LogP contribution in [-0.2, 0) is 6.54 Å². The number of hydrogen-bond donors (Lipinski definition) is 1. The van der Waals surface area contributed by atoms with Crippen LogP contribution in [0.4, 0.5) is 0 Å². The molecule has 3 heterocycles. The average Bonchev–Trinajstić information content (AvgIpc) is 3.20. The van der Waals surface area contributed by atoms with Gasteiger partial charge in [-0.25, -0.2) is 0 Å². The summed E-state index contributed by atoms with van der Waals surface area (Å²) in [5.41, 5.74) is 3.68. The highest BCUT2D eigenvalue weighted by atomic mass is 35.5. The largest absolute Gasteiger partial charge is 0.319 e. The molecule has 1 aliphatic heterocycles. The predicted octanol–water partition coefficient (Wildman–Crippen LogP) is 5.96. The van der Waals surface area contributed by atoms with Gasteiger partial charge in [0, 0.05) is 33.0 Å². The van der Waals surface area contributed by atoms with Crippen LogP contribution in [0, 0.1) is 0 Å². The van der Waals surface area contributed by atoms with E-state index in [4.69, 9.17) is 11.6 Å². The first-order chi connectivity index (χ1) is 11.8. The maximum Gasteiger partial charge on any atom is 0.0831 e. The van der Waals surface area contributed by atoms with E-state index in [1.807, 2.05) is 17.4 Å². The summed E-state index contributed by atoms with van der Waals surface area (Å²) in [6.07, 6.45) is 2.12. The number of nitrogens with zero attached hydrogens (tertiary/aromatic N) is 1. The number of rotatable bonds is 1. The lowest BCUT2D eigenvalue weighted by Crippen LogP contribution is -2.20. The highest BCUT2D eigenvalue weighted by molar-refractivity contribution is 7.19. The van der Waals surface area contributed by atoms with E-state index in [2.05, 4.69) is 70.7 Å². The van der Waals surface area contributed by atoms with Crippen LogP contribution in [0.5, 0.6) is 0 Å². The Morgan fingerprint density at radius 1 is 1.04 bits per heavy atom. The number of nitrogens with one attached hydrogen (secondary N) is 1. The molecule has 0 amide bonds. The van der Waals surface area contributed by atoms with E-state index in [9.17, 15) is 0 Å². The lowest BCUT2D eigenvalue weighted by molar-refractivity contribution is 0.609. The van der Waals surface area contributed by atoms with Gasteiger partial charge in [-0.1, -0.05) is 35.9 Å². The van der Waals surface area contributed by atoms with Crippen LogP contribution in [0.2, 0.25) is 5.02 Å². The summed E-state index contributed by atoms with van der Waals surface area (Å²) in [5, 5.41) is 5.80. The first kappa shape index (κ1) is 16.7. The van der Waals surface area contributed by atoms with Crippen molar-refractivity contribution in [1.29, 1.82) is 0 Å². The van der Waals surface area contributed by atoms with Crippen molar-refractivity contribution in [2.75, 3.05) is 0 Å². The third kappa shape index (κ3) is 2.77. The Morgan fingerprint density at radius 2 is 1.92 bits per heavy atom. The summed E-state index contributed by atoms with van der Waals surface area (Å²) in [5.74, 6) is 0. The van der Waals surface area contributed by atoms with Crippen molar-refractivity contribution >= 4 is 45.4 Å². The Morgan fingerprint density at radius 3 is 2.80 bits per heavy atom. The third-order valence-corrected chi connectivity index (χ3v) is 6.02. The number of thiophene rings is 1. The molecule has 2 nitrogen and oxygen atoms in total. The Bertz CT molecular complexity index is 1020. The summed E-state index contributed by atoms with van der Waals surface area (Å²) in [6, 6.07) is 21.5. The maximum absolute atomic E-state index is 6.24. The molecule has 0 fully saturated rings. The van der Waals surface area contributed by atoms with E-state index in [1.54, 1.807) is 0 Å². The normalized spacial score (nSPS) is 16.0. The number of aromatic nitrogens is 1. The number of fused-ring (bicyclic) bond motifs is 4. The molecule has 1 aliphatic rings. The van der Waals surface area contributed by atoms with E-state index < -0.39 is 0 Å². The molecule has 0 bridgehead atoms. The van der Waals surface area contributed by atoms with Gasteiger partial charge >= 0.3 is 0 Å². The fourth-order valence-corrected chi connectivity index (χ4v) is 4.79. The molecule has 0 radical (unpaired) electrons. The molecule has 0 aliphatic carbocycles. The molecule has 0 spiro atoms. The number of halogens is 2. The van der Waals surface area contributed by atoms with Crippen molar-refractivity contribution in [3.63, 3.8) is 0 Å². The molecular formula is C20H16Cl2N2S. The van der Waals surface area contributed by atoms with Crippen LogP contribution in [-0.4, -0.2) is 4.57 Å². The van der Waals surface area contributed by atoms with Crippen molar-refractivity contribution in [3.8, 4) is 5.69 Å². The van der Waals surface area contributed by atoms with Gasteiger partial charge in [-0.2, -0.15) is 0 Å². The van der Waals surface area contributed by atoms with Gasteiger partial charge in [0.1, 0.15) is 0 Å². The second kappa shape index (κ2) is 6.50. The van der Waals surface area contributed by atoms with Crippen molar-refractivity contribution in [3.05, 3.63) is 88.0 Å². The van der Waals surface area contributed by atoms with Gasteiger partial charge in [0.15, 0.2) is 0 Å². The van der Waals surface area contributed by atoms with Gasteiger partial charge in [-0.15, -0.1) is 23.7 Å². The van der Waals surface area contributed by atoms with E-state index in [0.717, 1.165) is 11.6 Å². The lowest BCUT2D eigenvalue weighted by atomic mass is 10.1. The van der Waals surface area contributed by atoms with Gasteiger partial charge in [0.2, 0.25) is 0 Å². The van der Waals surface area contributed by atoms with Crippen LogP contribution >= 0.6 is 35.3 Å². The second-order valence-corrected chi connectivity index (χ2v) is 7.63. The number of benzene rings is 2. The molecule has 1 atom stereocenters. The molecule has 2 aromatic carbocycles. The smallest absolute Gasteiger partial charge is 0.0831 e. The molecule has 5 rings (SSSR count). The Labute approximate surface area is 161 Å². The van der Waals surface area contributed by atoms with E-state index in [0.29, 0.717) is 0 Å². The molecule has 25 heavy (non-hydrogen) atoms. The highest BCUT2D eigenvalue weighted by Gasteiger charge is 2.24. The summed E-state index contributed by atoms with van der Waals surface area (Å²) < 4.78 is 3.59. The van der Waals surface area contributed by atoms with Crippen molar-refractivity contribution in [1.82, 2.24) is 9.88 Å².